The number of amides is 2. The summed E-state index contributed by atoms with van der Waals surface area (Å²) in [6, 6.07) is 24.1. The van der Waals surface area contributed by atoms with Crippen LogP contribution < -0.4 is 4.74 Å². The van der Waals surface area contributed by atoms with Gasteiger partial charge in [0.25, 0.3) is 0 Å². The highest BCUT2D eigenvalue weighted by molar-refractivity contribution is 7.53. The van der Waals surface area contributed by atoms with E-state index in [1.54, 1.807) is 84.3 Å². The van der Waals surface area contributed by atoms with Gasteiger partial charge in [0.05, 0.1) is 25.3 Å². The molecular weight excluding hydrogens is 675 g/mol. The average Bonchev–Trinajstić information content (AvgIpc) is 3.18. The number of hydrogen-bond acceptors (Lipinski definition) is 10. The van der Waals surface area contributed by atoms with Crippen LogP contribution in [-0.4, -0.2) is 85.2 Å². The molecule has 0 aliphatic carbocycles. The molecule has 0 unspecified atom stereocenters. The molecule has 0 saturated carbocycles. The van der Waals surface area contributed by atoms with E-state index in [1.807, 2.05) is 0 Å². The van der Waals surface area contributed by atoms with Crippen LogP contribution in [-0.2, 0) is 39.5 Å². The number of hydrogen-bond donors (Lipinski definition) is 5. The Hall–Kier alpha value is -4.58. The van der Waals surface area contributed by atoms with E-state index in [0.29, 0.717) is 16.9 Å². The van der Waals surface area contributed by atoms with Crippen molar-refractivity contribution >= 4 is 13.6 Å². The fourth-order valence-electron chi connectivity index (χ4n) is 6.20. The number of phenolic OH excluding ortho intramolecular Hbond substituents is 3. The fraction of sp³-hybridized carbons (Fsp3) is 0.342. The molecule has 51 heavy (non-hydrogen) atoms. The number of nitrogens with zero attached hydrogens (tertiary/aromatic N) is 2. The number of aromatic hydroxyl groups is 3. The topological polar surface area (TPSA) is 169 Å². The number of phenols is 3. The van der Waals surface area contributed by atoms with E-state index in [4.69, 9.17) is 13.8 Å². The van der Waals surface area contributed by atoms with Gasteiger partial charge in [-0.1, -0.05) is 48.5 Å². The van der Waals surface area contributed by atoms with Crippen LogP contribution >= 0.6 is 7.60 Å². The molecule has 4 aromatic carbocycles. The van der Waals surface area contributed by atoms with E-state index in [9.17, 15) is 34.9 Å². The molecule has 13 heteroatoms. The van der Waals surface area contributed by atoms with Gasteiger partial charge in [0.2, 0.25) is 0 Å². The lowest BCUT2D eigenvalue weighted by atomic mass is 9.90. The lowest BCUT2D eigenvalue weighted by molar-refractivity contribution is -0.0408. The van der Waals surface area contributed by atoms with Crippen LogP contribution in [0, 0.1) is 0 Å². The van der Waals surface area contributed by atoms with E-state index in [1.165, 1.54) is 36.4 Å². The van der Waals surface area contributed by atoms with Gasteiger partial charge in [0.15, 0.2) is 6.35 Å². The maximum absolute atomic E-state index is 14.8. The predicted octanol–water partition coefficient (Wildman–Crippen LogP) is 5.79. The van der Waals surface area contributed by atoms with Gasteiger partial charge in [-0.2, -0.15) is 0 Å². The molecule has 5 N–H and O–H groups in total. The van der Waals surface area contributed by atoms with Gasteiger partial charge in [-0.05, 0) is 97.5 Å². The molecule has 0 spiro atoms. The van der Waals surface area contributed by atoms with Gasteiger partial charge in [-0.25, -0.2) is 4.79 Å². The lowest BCUT2D eigenvalue weighted by Crippen LogP contribution is -2.50. The smallest absolute Gasteiger partial charge is 0.367 e. The largest absolute Gasteiger partial charge is 0.508 e. The molecule has 1 fully saturated rings. The van der Waals surface area contributed by atoms with Crippen LogP contribution in [0.2, 0.25) is 0 Å². The lowest BCUT2D eigenvalue weighted by Gasteiger charge is -2.36. The Kier molecular flexibility index (Phi) is 12.6. The highest BCUT2D eigenvalue weighted by Crippen LogP contribution is 2.48. The first-order valence-corrected chi connectivity index (χ1v) is 18.6. The monoisotopic (exact) mass is 720 g/mol. The van der Waals surface area contributed by atoms with E-state index in [0.717, 1.165) is 11.1 Å². The second-order valence-electron chi connectivity index (χ2n) is 12.4. The zero-order valence-electron chi connectivity index (χ0n) is 28.6. The highest BCUT2D eigenvalue weighted by Gasteiger charge is 2.46. The fourth-order valence-corrected chi connectivity index (χ4v) is 7.51. The van der Waals surface area contributed by atoms with E-state index in [2.05, 4.69) is 0 Å². The third-order valence-electron chi connectivity index (χ3n) is 8.80. The summed E-state index contributed by atoms with van der Waals surface area (Å²) in [7, 11) is -3.44. The summed E-state index contributed by atoms with van der Waals surface area (Å²) in [6.07, 6.45) is -2.70. The Bertz CT molecular complexity index is 1740. The normalized spacial score (nSPS) is 19.6. The van der Waals surface area contributed by atoms with Crippen LogP contribution in [0.25, 0.3) is 0 Å². The number of aliphatic hydroxyl groups excluding tert-OH is 2. The molecule has 12 nitrogen and oxygen atoms in total. The van der Waals surface area contributed by atoms with Gasteiger partial charge in [-0.3, -0.25) is 4.57 Å². The molecule has 1 heterocycles. The molecule has 2 amide bonds. The van der Waals surface area contributed by atoms with Gasteiger partial charge in [-0.15, -0.1) is 0 Å². The second-order valence-corrected chi connectivity index (χ2v) is 14.4. The molecule has 4 aromatic rings. The van der Waals surface area contributed by atoms with Gasteiger partial charge >= 0.3 is 13.6 Å². The highest BCUT2D eigenvalue weighted by atomic mass is 31.2. The third kappa shape index (κ3) is 9.81. The molecular formula is C38H45N2O10P. The van der Waals surface area contributed by atoms with E-state index >= 15 is 0 Å². The van der Waals surface area contributed by atoms with Crippen molar-refractivity contribution in [2.24, 2.45) is 0 Å². The number of rotatable bonds is 15. The van der Waals surface area contributed by atoms with Crippen LogP contribution in [0.3, 0.4) is 0 Å². The van der Waals surface area contributed by atoms with Crippen molar-refractivity contribution in [2.75, 3.05) is 19.6 Å². The minimum Gasteiger partial charge on any atom is -0.508 e. The van der Waals surface area contributed by atoms with Crippen LogP contribution in [0.15, 0.2) is 97.1 Å². The summed E-state index contributed by atoms with van der Waals surface area (Å²) >= 11 is 0. The van der Waals surface area contributed by atoms with Crippen molar-refractivity contribution in [3.8, 4) is 23.0 Å². The minimum absolute atomic E-state index is 0.0664. The third-order valence-corrected chi connectivity index (χ3v) is 10.5. The van der Waals surface area contributed by atoms with E-state index < -0.39 is 37.9 Å². The first-order valence-electron chi connectivity index (χ1n) is 16.9. The van der Waals surface area contributed by atoms with Gasteiger partial charge in [0.1, 0.15) is 35.2 Å². The SMILES string of the molecule is CCOP(=O)(COc1ccc(C[C@@H]2[C@H](O)[C@@H](O)[C@@H](Cc3ccc(O)cc3)N(Cc3ccc(O)cc3)C(=O)N2Cc2ccc(O)cc2)cc1)OCC. The van der Waals surface area contributed by atoms with Crippen molar-refractivity contribution in [3.05, 3.63) is 119 Å². The van der Waals surface area contributed by atoms with Gasteiger partial charge in [0, 0.05) is 13.1 Å². The maximum atomic E-state index is 14.8. The maximum Gasteiger partial charge on any atom is 0.367 e. The Morgan fingerprint density at radius 2 is 0.941 bits per heavy atom. The van der Waals surface area contributed by atoms with Crippen molar-refractivity contribution in [2.45, 2.75) is 64.1 Å². The summed E-state index contributed by atoms with van der Waals surface area (Å²) in [5.41, 5.74) is 2.88. The van der Waals surface area contributed by atoms with Crippen molar-refractivity contribution in [1.82, 2.24) is 9.80 Å². The number of urea groups is 1. The first kappa shape index (κ1) is 37.7. The molecule has 1 saturated heterocycles. The Labute approximate surface area is 297 Å². The van der Waals surface area contributed by atoms with Crippen LogP contribution in [0.4, 0.5) is 4.79 Å². The zero-order valence-corrected chi connectivity index (χ0v) is 29.5. The van der Waals surface area contributed by atoms with Crippen molar-refractivity contribution in [1.29, 1.82) is 0 Å². The number of carbonyl (C=O) groups is 1. The first-order chi connectivity index (χ1) is 24.5. The number of benzene rings is 4. The van der Waals surface area contributed by atoms with Crippen LogP contribution in [0.5, 0.6) is 23.0 Å². The Morgan fingerprint density at radius 1 is 0.588 bits per heavy atom. The minimum atomic E-state index is -3.44. The predicted molar refractivity (Wildman–Crippen MR) is 191 cm³/mol. The number of carbonyl (C=O) groups excluding carboxylic acids is 1. The zero-order chi connectivity index (χ0) is 36.5. The summed E-state index contributed by atoms with van der Waals surface area (Å²) in [5.74, 6) is 0.634. The van der Waals surface area contributed by atoms with E-state index in [-0.39, 0.29) is 62.7 Å². The molecule has 4 atom stereocenters. The van der Waals surface area contributed by atoms with Crippen molar-refractivity contribution in [3.63, 3.8) is 0 Å². The molecule has 0 bridgehead atoms. The Balaban J connectivity index is 1.49. The summed E-state index contributed by atoms with van der Waals surface area (Å²) < 4.78 is 29.2. The summed E-state index contributed by atoms with van der Waals surface area (Å²) in [5, 5.41) is 53.6. The number of ether oxygens (including phenoxy) is 1. The average molecular weight is 721 g/mol. The molecule has 1 aliphatic heterocycles. The molecule has 5 rings (SSSR count). The molecule has 0 radical (unpaired) electrons. The molecule has 272 valence electrons. The second kappa shape index (κ2) is 17.1. The summed E-state index contributed by atoms with van der Waals surface area (Å²) in [6.45, 7) is 3.99. The molecule has 1 aliphatic rings. The van der Waals surface area contributed by atoms with Crippen molar-refractivity contribution < 1.29 is 48.7 Å². The molecule has 0 aromatic heterocycles. The number of aliphatic hydroxyl groups is 2. The standard InChI is InChI=1S/C38H45N2O10P/c1-3-49-51(47,50-4-2)25-48-33-19-11-27(12-20-33)22-35-37(45)36(44)34(21-26-5-13-30(41)14-6-26)39(23-28-7-15-31(42)16-8-28)38(46)40(35)24-29-9-17-32(43)18-10-29/h5-20,34-37,41-45H,3-4,21-25H2,1-2H3/t34-,35-,36+,37+/m1/s1. The summed E-state index contributed by atoms with van der Waals surface area (Å²) in [4.78, 5) is 17.9. The van der Waals surface area contributed by atoms with Gasteiger partial charge < -0.3 is 49.1 Å². The quantitative estimate of drug-likeness (QED) is 0.0949. The Morgan fingerprint density at radius 3 is 1.31 bits per heavy atom. The van der Waals surface area contributed by atoms with Crippen LogP contribution in [0.1, 0.15) is 36.1 Å².